The first-order valence-electron chi connectivity index (χ1n) is 8.53. The number of nitrogens with one attached hydrogen (secondary N) is 1. The van der Waals surface area contributed by atoms with E-state index in [1.165, 1.54) is 6.07 Å². The molecule has 7 nitrogen and oxygen atoms in total. The second-order valence-corrected chi connectivity index (χ2v) is 6.76. The molecule has 0 saturated carbocycles. The highest BCUT2D eigenvalue weighted by atomic mass is 35.5. The Hall–Kier alpha value is -2.93. The summed E-state index contributed by atoms with van der Waals surface area (Å²) in [5.41, 5.74) is 1.60. The van der Waals surface area contributed by atoms with Crippen LogP contribution < -0.4 is 10.2 Å². The molecule has 2 amide bonds. The summed E-state index contributed by atoms with van der Waals surface area (Å²) in [4.78, 5) is 37.1. The zero-order chi connectivity index (χ0) is 19.6. The highest BCUT2D eigenvalue weighted by Crippen LogP contribution is 2.28. The Bertz CT molecular complexity index is 898. The van der Waals surface area contributed by atoms with E-state index in [1.54, 1.807) is 41.3 Å². The Labute approximate surface area is 161 Å². The lowest BCUT2D eigenvalue weighted by molar-refractivity contribution is -0.385. The number of carbonyl (C=O) groups excluding carboxylic acids is 2. The number of hydrogen-bond donors (Lipinski definition) is 1. The SMILES string of the molecule is CCc1ccc(NC(=O)C2CC(=O)N(c3ccc(Cl)cc3)C2)cc1[N+](=O)[O-]. The first kappa shape index (κ1) is 18.8. The smallest absolute Gasteiger partial charge is 0.274 e. The summed E-state index contributed by atoms with van der Waals surface area (Å²) < 4.78 is 0. The summed E-state index contributed by atoms with van der Waals surface area (Å²) in [5.74, 6) is -1.01. The standard InChI is InChI=1S/C19H18ClN3O4/c1-2-12-3-6-15(10-17(12)23(26)27)21-19(25)13-9-18(24)22(11-13)16-7-4-14(20)5-8-16/h3-8,10,13H,2,9,11H2,1H3,(H,21,25). The van der Waals surface area contributed by atoms with E-state index in [-0.39, 0.29) is 30.5 Å². The Morgan fingerprint density at radius 2 is 2.00 bits per heavy atom. The maximum absolute atomic E-state index is 12.5. The largest absolute Gasteiger partial charge is 0.326 e. The van der Waals surface area contributed by atoms with E-state index in [1.807, 2.05) is 6.92 Å². The number of amides is 2. The average Bonchev–Trinajstić information content (AvgIpc) is 3.04. The minimum atomic E-state index is -0.530. The van der Waals surface area contributed by atoms with Crippen LogP contribution in [0.15, 0.2) is 42.5 Å². The summed E-state index contributed by atoms with van der Waals surface area (Å²) in [6.07, 6.45) is 0.612. The highest BCUT2D eigenvalue weighted by Gasteiger charge is 2.35. The van der Waals surface area contributed by atoms with E-state index in [4.69, 9.17) is 11.6 Å². The van der Waals surface area contributed by atoms with Crippen LogP contribution in [0, 0.1) is 16.0 Å². The summed E-state index contributed by atoms with van der Waals surface area (Å²) >= 11 is 5.87. The third-order valence-electron chi connectivity index (χ3n) is 4.56. The molecule has 0 radical (unpaired) electrons. The number of nitro benzene ring substituents is 1. The molecule has 8 heteroatoms. The molecule has 1 heterocycles. The predicted molar refractivity (Wildman–Crippen MR) is 103 cm³/mol. The number of benzene rings is 2. The molecule has 0 aromatic heterocycles. The topological polar surface area (TPSA) is 92.6 Å². The van der Waals surface area contributed by atoms with Crippen LogP contribution in [0.4, 0.5) is 17.1 Å². The molecular formula is C19H18ClN3O4. The van der Waals surface area contributed by atoms with E-state index < -0.39 is 10.8 Å². The first-order chi connectivity index (χ1) is 12.9. The lowest BCUT2D eigenvalue weighted by Gasteiger charge is -2.16. The number of halogens is 1. The highest BCUT2D eigenvalue weighted by molar-refractivity contribution is 6.30. The van der Waals surface area contributed by atoms with E-state index in [9.17, 15) is 19.7 Å². The number of hydrogen-bond acceptors (Lipinski definition) is 4. The van der Waals surface area contributed by atoms with Gasteiger partial charge in [0.15, 0.2) is 0 Å². The molecule has 1 fully saturated rings. The third-order valence-corrected chi connectivity index (χ3v) is 4.82. The summed E-state index contributed by atoms with van der Waals surface area (Å²) in [7, 11) is 0. The van der Waals surface area contributed by atoms with Crippen molar-refractivity contribution in [3.05, 3.63) is 63.2 Å². The minimum Gasteiger partial charge on any atom is -0.326 e. The van der Waals surface area contributed by atoms with Crippen molar-refractivity contribution in [2.75, 3.05) is 16.8 Å². The Morgan fingerprint density at radius 1 is 1.30 bits per heavy atom. The van der Waals surface area contributed by atoms with Gasteiger partial charge in [-0.05, 0) is 36.8 Å². The van der Waals surface area contributed by atoms with Crippen molar-refractivity contribution in [3.8, 4) is 0 Å². The van der Waals surface area contributed by atoms with Gasteiger partial charge in [0.05, 0.1) is 10.8 Å². The molecule has 0 bridgehead atoms. The quantitative estimate of drug-likeness (QED) is 0.623. The van der Waals surface area contributed by atoms with Crippen molar-refractivity contribution < 1.29 is 14.5 Å². The molecule has 3 rings (SSSR count). The third kappa shape index (κ3) is 4.09. The fourth-order valence-electron chi connectivity index (χ4n) is 3.11. The van der Waals surface area contributed by atoms with Gasteiger partial charge in [-0.1, -0.05) is 24.6 Å². The molecule has 140 valence electrons. The lowest BCUT2D eigenvalue weighted by Crippen LogP contribution is -2.28. The van der Waals surface area contributed by atoms with Crippen molar-refractivity contribution in [1.82, 2.24) is 0 Å². The normalized spacial score (nSPS) is 16.4. The first-order valence-corrected chi connectivity index (χ1v) is 8.91. The second kappa shape index (κ2) is 7.75. The minimum absolute atomic E-state index is 0.0272. The van der Waals surface area contributed by atoms with Crippen molar-refractivity contribution in [2.24, 2.45) is 5.92 Å². The molecule has 1 unspecified atom stereocenters. The van der Waals surface area contributed by atoms with Gasteiger partial charge in [-0.15, -0.1) is 0 Å². The van der Waals surface area contributed by atoms with Gasteiger partial charge >= 0.3 is 0 Å². The molecular weight excluding hydrogens is 370 g/mol. The molecule has 1 aliphatic rings. The molecule has 1 atom stereocenters. The maximum atomic E-state index is 12.5. The Kier molecular flexibility index (Phi) is 5.41. The Morgan fingerprint density at radius 3 is 2.63 bits per heavy atom. The summed E-state index contributed by atoms with van der Waals surface area (Å²) in [6.45, 7) is 2.08. The second-order valence-electron chi connectivity index (χ2n) is 6.33. The van der Waals surface area contributed by atoms with Gasteiger partial charge in [0, 0.05) is 41.0 Å². The fraction of sp³-hybridized carbons (Fsp3) is 0.263. The zero-order valence-corrected chi connectivity index (χ0v) is 15.4. The molecule has 27 heavy (non-hydrogen) atoms. The van der Waals surface area contributed by atoms with Crippen molar-refractivity contribution in [1.29, 1.82) is 0 Å². The maximum Gasteiger partial charge on any atom is 0.274 e. The van der Waals surface area contributed by atoms with Crippen LogP contribution in [-0.2, 0) is 16.0 Å². The monoisotopic (exact) mass is 387 g/mol. The van der Waals surface area contributed by atoms with E-state index in [2.05, 4.69) is 5.32 Å². The number of carbonyl (C=O) groups is 2. The number of rotatable bonds is 5. The molecule has 0 spiro atoms. The molecule has 0 aliphatic carbocycles. The molecule has 1 N–H and O–H groups in total. The van der Waals surface area contributed by atoms with Gasteiger partial charge in [0.2, 0.25) is 11.8 Å². The van der Waals surface area contributed by atoms with Gasteiger partial charge in [0.1, 0.15) is 0 Å². The van der Waals surface area contributed by atoms with Gasteiger partial charge < -0.3 is 10.2 Å². The number of nitro groups is 1. The predicted octanol–water partition coefficient (Wildman–Crippen LogP) is 3.80. The van der Waals surface area contributed by atoms with Crippen molar-refractivity contribution >= 4 is 40.5 Å². The average molecular weight is 388 g/mol. The summed E-state index contributed by atoms with van der Waals surface area (Å²) in [6, 6.07) is 11.5. The van der Waals surface area contributed by atoms with Crippen LogP contribution in [0.2, 0.25) is 5.02 Å². The van der Waals surface area contributed by atoms with Crippen LogP contribution >= 0.6 is 11.6 Å². The molecule has 2 aromatic rings. The number of aryl methyl sites for hydroxylation is 1. The van der Waals surface area contributed by atoms with Crippen molar-refractivity contribution in [2.45, 2.75) is 19.8 Å². The van der Waals surface area contributed by atoms with E-state index in [0.717, 1.165) is 0 Å². The van der Waals surface area contributed by atoms with Gasteiger partial charge in [0.25, 0.3) is 5.69 Å². The van der Waals surface area contributed by atoms with Gasteiger partial charge in [-0.2, -0.15) is 0 Å². The molecule has 1 saturated heterocycles. The Balaban J connectivity index is 1.72. The van der Waals surface area contributed by atoms with Crippen LogP contribution in [0.5, 0.6) is 0 Å². The number of anilines is 2. The molecule has 1 aliphatic heterocycles. The van der Waals surface area contributed by atoms with E-state index >= 15 is 0 Å². The lowest BCUT2D eigenvalue weighted by atomic mass is 10.1. The van der Waals surface area contributed by atoms with Gasteiger partial charge in [-0.3, -0.25) is 19.7 Å². The van der Waals surface area contributed by atoms with Crippen LogP contribution in [0.1, 0.15) is 18.9 Å². The van der Waals surface area contributed by atoms with E-state index in [0.29, 0.717) is 28.4 Å². The van der Waals surface area contributed by atoms with Gasteiger partial charge in [-0.25, -0.2) is 0 Å². The number of nitrogens with zero attached hydrogens (tertiary/aromatic N) is 2. The fourth-order valence-corrected chi connectivity index (χ4v) is 3.23. The van der Waals surface area contributed by atoms with Crippen LogP contribution in [0.25, 0.3) is 0 Å². The zero-order valence-electron chi connectivity index (χ0n) is 14.6. The molecule has 2 aromatic carbocycles. The van der Waals surface area contributed by atoms with Crippen LogP contribution in [-0.4, -0.2) is 23.3 Å². The van der Waals surface area contributed by atoms with Crippen LogP contribution in [0.3, 0.4) is 0 Å². The van der Waals surface area contributed by atoms with Crippen molar-refractivity contribution in [3.63, 3.8) is 0 Å². The summed E-state index contributed by atoms with van der Waals surface area (Å²) in [5, 5.41) is 14.4.